The van der Waals surface area contributed by atoms with Gasteiger partial charge in [-0.05, 0) is 43.9 Å². The molecule has 44 heavy (non-hydrogen) atoms. The second-order valence-electron chi connectivity index (χ2n) is 11.5. The fourth-order valence-electron chi connectivity index (χ4n) is 6.43. The van der Waals surface area contributed by atoms with Crippen molar-refractivity contribution in [3.8, 4) is 22.9 Å². The van der Waals surface area contributed by atoms with E-state index in [-0.39, 0.29) is 46.3 Å². The van der Waals surface area contributed by atoms with Crippen LogP contribution in [0, 0.1) is 17.6 Å². The first-order valence-corrected chi connectivity index (χ1v) is 14.6. The zero-order valence-electron chi connectivity index (χ0n) is 24.0. The van der Waals surface area contributed by atoms with Gasteiger partial charge in [-0.2, -0.15) is 5.10 Å². The van der Waals surface area contributed by atoms with Crippen molar-refractivity contribution in [1.82, 2.24) is 25.5 Å². The molecular formula is C32H30F2N6O4. The Kier molecular flexibility index (Phi) is 6.98. The first-order chi connectivity index (χ1) is 21.3. The van der Waals surface area contributed by atoms with Crippen LogP contribution in [0.1, 0.15) is 59.9 Å². The molecule has 3 aliphatic rings. The van der Waals surface area contributed by atoms with Gasteiger partial charge in [-0.3, -0.25) is 19.7 Å². The predicted octanol–water partition coefficient (Wildman–Crippen LogP) is 4.77. The lowest BCUT2D eigenvalue weighted by Crippen LogP contribution is -2.49. The largest absolute Gasteiger partial charge is 0.491 e. The summed E-state index contributed by atoms with van der Waals surface area (Å²) in [4.78, 5) is 37.5. The van der Waals surface area contributed by atoms with Gasteiger partial charge < -0.3 is 19.7 Å². The molecule has 0 bridgehead atoms. The number of nitrogens with zero attached hydrogens (tertiary/aromatic N) is 4. The Hall–Kier alpha value is -4.87. The number of hydrogen-bond acceptors (Lipinski definition) is 8. The number of amides is 1. The molecule has 3 aromatic heterocycles. The Morgan fingerprint density at radius 3 is 2.77 bits per heavy atom. The fourth-order valence-corrected chi connectivity index (χ4v) is 6.43. The lowest BCUT2D eigenvalue weighted by Gasteiger charge is -2.42. The van der Waals surface area contributed by atoms with E-state index in [2.05, 4.69) is 30.4 Å². The Balaban J connectivity index is 1.08. The molecule has 12 heteroatoms. The molecule has 1 amide bonds. The van der Waals surface area contributed by atoms with Crippen molar-refractivity contribution in [3.05, 3.63) is 83.4 Å². The van der Waals surface area contributed by atoms with E-state index in [0.717, 1.165) is 30.9 Å². The number of carbonyl (C=O) groups excluding carboxylic acids is 2. The van der Waals surface area contributed by atoms with Gasteiger partial charge in [-0.25, -0.2) is 13.8 Å². The minimum Gasteiger partial charge on any atom is -0.491 e. The Bertz CT molecular complexity index is 1760. The number of nitrogens with one attached hydrogen (secondary N) is 2. The number of H-pyrrole nitrogens is 1. The molecule has 2 fully saturated rings. The van der Waals surface area contributed by atoms with E-state index >= 15 is 0 Å². The van der Waals surface area contributed by atoms with Gasteiger partial charge in [0, 0.05) is 53.4 Å². The average molecular weight is 601 g/mol. The second-order valence-corrected chi connectivity index (χ2v) is 11.5. The van der Waals surface area contributed by atoms with Crippen molar-refractivity contribution < 1.29 is 27.8 Å². The summed E-state index contributed by atoms with van der Waals surface area (Å²) >= 11 is 0. The quantitative estimate of drug-likeness (QED) is 0.291. The van der Waals surface area contributed by atoms with Gasteiger partial charge in [0.15, 0.2) is 5.82 Å². The maximum absolute atomic E-state index is 14.5. The molecule has 1 aliphatic carbocycles. The molecule has 1 spiro atoms. The van der Waals surface area contributed by atoms with Crippen molar-refractivity contribution in [2.24, 2.45) is 5.92 Å². The van der Waals surface area contributed by atoms with Crippen molar-refractivity contribution in [1.29, 1.82) is 0 Å². The second kappa shape index (κ2) is 11.0. The number of ketones is 1. The van der Waals surface area contributed by atoms with Crippen LogP contribution in [0.15, 0.2) is 54.9 Å². The lowest BCUT2D eigenvalue weighted by atomic mass is 9.86. The molecule has 1 aromatic carbocycles. The van der Waals surface area contributed by atoms with Crippen LogP contribution >= 0.6 is 0 Å². The Morgan fingerprint density at radius 2 is 1.95 bits per heavy atom. The summed E-state index contributed by atoms with van der Waals surface area (Å²) in [6, 6.07) is 11.3. The molecule has 0 radical (unpaired) electrons. The predicted molar refractivity (Wildman–Crippen MR) is 155 cm³/mol. The normalized spacial score (nSPS) is 20.0. The molecule has 4 aromatic rings. The van der Waals surface area contributed by atoms with Gasteiger partial charge in [-0.15, -0.1) is 0 Å². The number of benzene rings is 1. The van der Waals surface area contributed by atoms with Crippen LogP contribution < -0.4 is 19.7 Å². The van der Waals surface area contributed by atoms with Crippen molar-refractivity contribution in [2.45, 2.75) is 43.7 Å². The van der Waals surface area contributed by atoms with Gasteiger partial charge >= 0.3 is 0 Å². The summed E-state index contributed by atoms with van der Waals surface area (Å²) in [5.41, 5.74) is 2.29. The van der Waals surface area contributed by atoms with E-state index in [4.69, 9.17) is 9.47 Å². The smallest absolute Gasteiger partial charge is 0.223 e. The standard InChI is InChI=1S/C32H30F2N6O4/c1-43-28-13-21(22(34)17-35-28)24-14-25(39-38-24)30(41)20-4-2-3-5-26(20)40-10-6-18(15-32(40)8-9-32)31(42)37-23-7-11-44-27-12-19(33)16-36-29(23)27/h2-5,12-14,16-18,23H,6-11,15H2,1H3,(H,37,42)(H,38,39)/t18-,23+/m0/s1. The van der Waals surface area contributed by atoms with Crippen LogP contribution in [0.3, 0.4) is 0 Å². The van der Waals surface area contributed by atoms with E-state index in [1.165, 1.54) is 25.3 Å². The highest BCUT2D eigenvalue weighted by atomic mass is 19.1. The van der Waals surface area contributed by atoms with Crippen LogP contribution in [-0.4, -0.2) is 57.7 Å². The number of ether oxygens (including phenoxy) is 2. The number of hydrogen-bond donors (Lipinski definition) is 2. The SMILES string of the molecule is COc1cc(-c2cc(C(=O)c3ccccc3N3CC[C@H](C(=O)N[C@@H]4CCOc5cc(F)cnc54)CC34CC4)n[nH]2)c(F)cn1. The highest BCUT2D eigenvalue weighted by molar-refractivity contribution is 6.11. The summed E-state index contributed by atoms with van der Waals surface area (Å²) in [6.45, 7) is 0.976. The summed E-state index contributed by atoms with van der Waals surface area (Å²) in [5, 5.41) is 10.1. The molecule has 2 atom stereocenters. The number of aromatic amines is 1. The van der Waals surface area contributed by atoms with Crippen molar-refractivity contribution in [3.63, 3.8) is 0 Å². The Morgan fingerprint density at radius 1 is 1.11 bits per heavy atom. The van der Waals surface area contributed by atoms with Crippen LogP contribution in [0.5, 0.6) is 11.6 Å². The van der Waals surface area contributed by atoms with Crippen molar-refractivity contribution in [2.75, 3.05) is 25.2 Å². The number of anilines is 1. The zero-order chi connectivity index (χ0) is 30.4. The molecule has 7 rings (SSSR count). The number of halogens is 2. The first-order valence-electron chi connectivity index (χ1n) is 14.6. The molecule has 1 saturated heterocycles. The maximum atomic E-state index is 14.5. The number of para-hydroxylation sites is 1. The monoisotopic (exact) mass is 600 g/mol. The minimum atomic E-state index is -0.567. The fraction of sp³-hybridized carbons (Fsp3) is 0.344. The summed E-state index contributed by atoms with van der Waals surface area (Å²) < 4.78 is 38.8. The number of aromatic nitrogens is 4. The minimum absolute atomic E-state index is 0.0479. The average Bonchev–Trinajstić information content (AvgIpc) is 3.61. The summed E-state index contributed by atoms with van der Waals surface area (Å²) in [5.74, 6) is -0.979. The molecule has 2 N–H and O–H groups in total. The molecule has 226 valence electrons. The van der Waals surface area contributed by atoms with Gasteiger partial charge in [-0.1, -0.05) is 12.1 Å². The Labute approximate surface area is 251 Å². The number of piperidine rings is 1. The third kappa shape index (κ3) is 5.03. The van der Waals surface area contributed by atoms with Crippen LogP contribution in [0.4, 0.5) is 14.5 Å². The molecule has 2 aliphatic heterocycles. The van der Waals surface area contributed by atoms with E-state index in [1.807, 2.05) is 18.2 Å². The molecule has 5 heterocycles. The molecule has 10 nitrogen and oxygen atoms in total. The van der Waals surface area contributed by atoms with E-state index in [0.29, 0.717) is 55.1 Å². The summed E-state index contributed by atoms with van der Waals surface area (Å²) in [6.07, 6.45) is 5.86. The van der Waals surface area contributed by atoms with Crippen LogP contribution in [-0.2, 0) is 4.79 Å². The number of rotatable bonds is 7. The van der Waals surface area contributed by atoms with Gasteiger partial charge in [0.05, 0.1) is 37.8 Å². The van der Waals surface area contributed by atoms with E-state index < -0.39 is 11.6 Å². The molecule has 0 unspecified atom stereocenters. The van der Waals surface area contributed by atoms with Gasteiger partial charge in [0.1, 0.15) is 23.0 Å². The zero-order valence-corrected chi connectivity index (χ0v) is 24.0. The third-order valence-corrected chi connectivity index (χ3v) is 8.84. The molecular weight excluding hydrogens is 570 g/mol. The maximum Gasteiger partial charge on any atom is 0.223 e. The summed E-state index contributed by atoms with van der Waals surface area (Å²) in [7, 11) is 1.44. The van der Waals surface area contributed by atoms with E-state index in [1.54, 1.807) is 6.07 Å². The van der Waals surface area contributed by atoms with Crippen LogP contribution in [0.2, 0.25) is 0 Å². The number of fused-ring (bicyclic) bond motifs is 1. The highest BCUT2D eigenvalue weighted by Crippen LogP contribution is 2.52. The van der Waals surface area contributed by atoms with E-state index in [9.17, 15) is 18.4 Å². The lowest BCUT2D eigenvalue weighted by molar-refractivity contribution is -0.127. The van der Waals surface area contributed by atoms with Gasteiger partial charge in [0.2, 0.25) is 17.6 Å². The van der Waals surface area contributed by atoms with Crippen LogP contribution in [0.25, 0.3) is 11.3 Å². The first kappa shape index (κ1) is 27.9. The topological polar surface area (TPSA) is 122 Å². The number of carbonyl (C=O) groups is 2. The third-order valence-electron chi connectivity index (χ3n) is 8.84. The number of methoxy groups -OCH3 is 1. The van der Waals surface area contributed by atoms with Gasteiger partial charge in [0.25, 0.3) is 0 Å². The highest BCUT2D eigenvalue weighted by Gasteiger charge is 2.53. The van der Waals surface area contributed by atoms with Crippen molar-refractivity contribution >= 4 is 17.4 Å². The molecule has 1 saturated carbocycles. The number of pyridine rings is 2.